The van der Waals surface area contributed by atoms with Crippen LogP contribution in [0.5, 0.6) is 5.75 Å². The summed E-state index contributed by atoms with van der Waals surface area (Å²) in [7, 11) is -1.15. The summed E-state index contributed by atoms with van der Waals surface area (Å²) >= 11 is 14.0. The lowest BCUT2D eigenvalue weighted by molar-refractivity contribution is -0.671. The molecule has 2 heterocycles. The normalized spacial score (nSPS) is 12.4. The Labute approximate surface area is 328 Å². The number of hydrogen-bond donors (Lipinski definition) is 1. The number of carbonyl (C=O) groups is 1. The van der Waals surface area contributed by atoms with Gasteiger partial charge < -0.3 is 22.3 Å². The topological polar surface area (TPSA) is 106 Å². The molecule has 1 unspecified atom stereocenters. The minimum atomic E-state index is -4.50. The molecule has 0 aliphatic carbocycles. The third-order valence-corrected chi connectivity index (χ3v) is 12.4. The van der Waals surface area contributed by atoms with Crippen LogP contribution >= 0.6 is 35.0 Å². The van der Waals surface area contributed by atoms with Gasteiger partial charge in [-0.3, -0.25) is 9.36 Å². The molecule has 0 saturated heterocycles. The van der Waals surface area contributed by atoms with Crippen LogP contribution in [-0.2, 0) is 39.5 Å². The highest BCUT2D eigenvalue weighted by Crippen LogP contribution is 2.40. The Hall–Kier alpha value is -3.72. The van der Waals surface area contributed by atoms with Gasteiger partial charge in [0, 0.05) is 45.6 Å². The first kappa shape index (κ1) is 42.0. The van der Waals surface area contributed by atoms with Gasteiger partial charge in [0.2, 0.25) is 10.0 Å². The van der Waals surface area contributed by atoms with E-state index in [0.717, 1.165) is 45.0 Å². The minimum absolute atomic E-state index is 0. The van der Waals surface area contributed by atoms with Gasteiger partial charge in [-0.15, -0.1) is 0 Å². The van der Waals surface area contributed by atoms with E-state index in [1.165, 1.54) is 26.2 Å². The summed E-state index contributed by atoms with van der Waals surface area (Å²) in [5.41, 5.74) is 2.35. The Morgan fingerprint density at radius 1 is 1.09 bits per heavy atom. The average molecular weight is 826 g/mol. The lowest BCUT2D eigenvalue weighted by atomic mass is 9.81. The fourth-order valence-corrected chi connectivity index (χ4v) is 9.00. The second-order valence-electron chi connectivity index (χ2n) is 12.6. The molecule has 0 bridgehead atoms. The lowest BCUT2D eigenvalue weighted by Gasteiger charge is -2.28. The maximum atomic E-state index is 15.9. The van der Waals surface area contributed by atoms with E-state index in [-0.39, 0.29) is 41.7 Å². The molecule has 53 heavy (non-hydrogen) atoms. The van der Waals surface area contributed by atoms with Crippen molar-refractivity contribution in [3.8, 4) is 11.4 Å². The van der Waals surface area contributed by atoms with Crippen molar-refractivity contribution < 1.29 is 48.8 Å². The second-order valence-corrected chi connectivity index (χ2v) is 16.3. The van der Waals surface area contributed by atoms with Crippen molar-refractivity contribution in [1.29, 1.82) is 0 Å². The fourth-order valence-electron chi connectivity index (χ4n) is 5.73. The number of ether oxygens (including phenoxy) is 1. The quantitative estimate of drug-likeness (QED) is 0.129. The highest BCUT2D eigenvalue weighted by molar-refractivity contribution is 7.98. The van der Waals surface area contributed by atoms with Gasteiger partial charge in [0.15, 0.2) is 17.6 Å². The van der Waals surface area contributed by atoms with E-state index in [2.05, 4.69) is 4.98 Å². The number of aryl methyl sites for hydroxylation is 1. The van der Waals surface area contributed by atoms with E-state index >= 15 is 4.39 Å². The van der Waals surface area contributed by atoms with Crippen molar-refractivity contribution in [3.05, 3.63) is 129 Å². The Morgan fingerprint density at radius 2 is 1.79 bits per heavy atom. The number of rotatable bonds is 14. The number of pyridine rings is 1. The van der Waals surface area contributed by atoms with Crippen molar-refractivity contribution in [3.63, 3.8) is 0 Å². The molecule has 0 spiro atoms. The molecule has 3 aromatic carbocycles. The number of carboxylic acids is 1. The van der Waals surface area contributed by atoms with Gasteiger partial charge in [-0.2, -0.15) is 4.31 Å². The predicted molar refractivity (Wildman–Crippen MR) is 197 cm³/mol. The number of aromatic nitrogens is 3. The summed E-state index contributed by atoms with van der Waals surface area (Å²) < 4.78 is 67.4. The standard InChI is InChI=1S/C37H36Cl2F2N4O5S2.ClH/c1-23(35(46)47)44(16-14-24-7-6-15-43(4)21-24)52(48,49)28-18-31(39)29(32(41)19-28)22-51-36-42-20-34(45(36)27-11-9-26(40)10-12-27)37(2,3)25-8-13-30(38)33(17-25)50-5;/h6-13,15,17-21,23H,14,16,22H2,1-5H3;1H. The maximum Gasteiger partial charge on any atom is 0.321 e. The van der Waals surface area contributed by atoms with Crippen molar-refractivity contribution >= 4 is 51.0 Å². The molecule has 0 aliphatic rings. The lowest BCUT2D eigenvalue weighted by Crippen LogP contribution is -3.00. The number of benzene rings is 3. The van der Waals surface area contributed by atoms with Gasteiger partial charge in [-0.1, -0.05) is 54.9 Å². The Kier molecular flexibility index (Phi) is 13.6. The number of hydrogen-bond acceptors (Lipinski definition) is 6. The smallest absolute Gasteiger partial charge is 0.321 e. The van der Waals surface area contributed by atoms with E-state index in [0.29, 0.717) is 21.6 Å². The molecular formula is C37H37Cl3F2N4O5S2. The van der Waals surface area contributed by atoms with Gasteiger partial charge in [0.05, 0.1) is 28.9 Å². The first-order chi connectivity index (χ1) is 24.5. The van der Waals surface area contributed by atoms with Crippen LogP contribution in [-0.4, -0.2) is 53.0 Å². The fraction of sp³-hybridized carbons (Fsp3) is 0.270. The zero-order valence-corrected chi connectivity index (χ0v) is 33.3. The summed E-state index contributed by atoms with van der Waals surface area (Å²) in [6, 6.07) is 15.5. The first-order valence-corrected chi connectivity index (χ1v) is 19.2. The summed E-state index contributed by atoms with van der Waals surface area (Å²) in [5, 5.41) is 10.5. The van der Waals surface area contributed by atoms with Crippen LogP contribution in [0.2, 0.25) is 10.0 Å². The van der Waals surface area contributed by atoms with E-state index < -0.39 is 44.0 Å². The van der Waals surface area contributed by atoms with Crippen molar-refractivity contribution in [2.75, 3.05) is 13.7 Å². The van der Waals surface area contributed by atoms with Gasteiger partial charge in [-0.05, 0) is 73.5 Å². The zero-order chi connectivity index (χ0) is 38.0. The van der Waals surface area contributed by atoms with E-state index in [1.54, 1.807) is 47.3 Å². The number of methoxy groups -OCH3 is 1. The number of imidazole rings is 1. The van der Waals surface area contributed by atoms with E-state index in [1.807, 2.05) is 43.8 Å². The molecule has 0 radical (unpaired) electrons. The van der Waals surface area contributed by atoms with E-state index in [4.69, 9.17) is 27.9 Å². The first-order valence-electron chi connectivity index (χ1n) is 16.0. The zero-order valence-electron chi connectivity index (χ0n) is 29.4. The van der Waals surface area contributed by atoms with Crippen LogP contribution in [0.4, 0.5) is 8.78 Å². The highest BCUT2D eigenvalue weighted by atomic mass is 35.5. The van der Waals surface area contributed by atoms with Crippen molar-refractivity contribution in [2.24, 2.45) is 7.05 Å². The molecule has 0 aliphatic heterocycles. The second kappa shape index (κ2) is 17.2. The molecule has 9 nitrogen and oxygen atoms in total. The number of sulfonamides is 1. The molecule has 0 fully saturated rings. The maximum absolute atomic E-state index is 15.9. The van der Waals surface area contributed by atoms with E-state index in [9.17, 15) is 22.7 Å². The highest BCUT2D eigenvalue weighted by Gasteiger charge is 2.34. The molecule has 1 N–H and O–H groups in total. The van der Waals surface area contributed by atoms with Crippen LogP contribution in [0.1, 0.15) is 43.2 Å². The van der Waals surface area contributed by atoms with Crippen molar-refractivity contribution in [1.82, 2.24) is 13.9 Å². The molecule has 5 rings (SSSR count). The molecule has 282 valence electrons. The molecular weight excluding hydrogens is 789 g/mol. The third kappa shape index (κ3) is 9.15. The Balaban J connectivity index is 0.00000627. The summed E-state index contributed by atoms with van der Waals surface area (Å²) in [6.45, 7) is 5.08. The Morgan fingerprint density at radius 3 is 2.42 bits per heavy atom. The average Bonchev–Trinajstić information content (AvgIpc) is 3.53. The van der Waals surface area contributed by atoms with Crippen molar-refractivity contribution in [2.45, 2.75) is 54.5 Å². The molecule has 0 amide bonds. The largest absolute Gasteiger partial charge is 1.00 e. The summed E-state index contributed by atoms with van der Waals surface area (Å²) in [5.74, 6) is -2.20. The van der Waals surface area contributed by atoms with Gasteiger partial charge in [-0.25, -0.2) is 26.7 Å². The number of nitrogens with zero attached hydrogens (tertiary/aromatic N) is 4. The Bertz CT molecular complexity index is 2200. The summed E-state index contributed by atoms with van der Waals surface area (Å²) in [4.78, 5) is 16.2. The predicted octanol–water partition coefficient (Wildman–Crippen LogP) is 4.62. The number of halogens is 5. The van der Waals surface area contributed by atoms with Crippen LogP contribution in [0.3, 0.4) is 0 Å². The van der Waals surface area contributed by atoms with Crippen LogP contribution < -0.4 is 21.7 Å². The number of thioether (sulfide) groups is 1. The molecule has 2 aromatic heterocycles. The summed E-state index contributed by atoms with van der Waals surface area (Å²) in [6.07, 6.45) is 5.53. The number of carboxylic acid groups (broad SMARTS) is 1. The number of aliphatic carboxylic acids is 1. The van der Waals surface area contributed by atoms with Crippen LogP contribution in [0.15, 0.2) is 95.4 Å². The van der Waals surface area contributed by atoms with Crippen LogP contribution in [0.25, 0.3) is 5.69 Å². The van der Waals surface area contributed by atoms with Crippen LogP contribution in [0, 0.1) is 11.6 Å². The molecule has 0 saturated carbocycles. The monoisotopic (exact) mass is 824 g/mol. The molecule has 16 heteroatoms. The van der Waals surface area contributed by atoms with Gasteiger partial charge >= 0.3 is 5.97 Å². The molecule has 1 atom stereocenters. The molecule has 5 aromatic rings. The third-order valence-electron chi connectivity index (χ3n) is 8.81. The van der Waals surface area contributed by atoms with Gasteiger partial charge in [0.1, 0.15) is 30.5 Å². The SMILES string of the molecule is COc1cc(C(C)(C)c2cnc(SCc3c(F)cc(S(=O)(=O)N(CCc4ccc[n+](C)c4)C(C)C(=O)O)cc3Cl)n2-c2ccc(F)cc2)ccc1Cl.[Cl-]. The minimum Gasteiger partial charge on any atom is -1.00 e. The van der Waals surface area contributed by atoms with Gasteiger partial charge in [0.25, 0.3) is 0 Å².